The van der Waals surface area contributed by atoms with Crippen molar-refractivity contribution in [1.29, 1.82) is 0 Å². The first-order chi connectivity index (χ1) is 10.8. The van der Waals surface area contributed by atoms with Gasteiger partial charge in [-0.25, -0.2) is 0 Å². The maximum Gasteiger partial charge on any atom is 0.311 e. The molecule has 23 heavy (non-hydrogen) atoms. The standard InChI is InChI=1S/C17H20BrNO4/c1-10(2)17(16(21)22)5-6-19(9-17)15(20)13-8-23-14-4-3-11(18)7-12(13)14/h3-4,7,10,13H,5-6,8-9H2,1-2H3,(H,21,22). The molecule has 124 valence electrons. The molecule has 1 aromatic carbocycles. The third kappa shape index (κ3) is 2.63. The first kappa shape index (κ1) is 16.3. The Morgan fingerprint density at radius 2 is 2.17 bits per heavy atom. The Labute approximate surface area is 143 Å². The van der Waals surface area contributed by atoms with E-state index in [0.717, 1.165) is 15.8 Å². The molecule has 0 spiro atoms. The van der Waals surface area contributed by atoms with Crippen LogP contribution in [-0.4, -0.2) is 41.6 Å². The van der Waals surface area contributed by atoms with E-state index in [1.807, 2.05) is 32.0 Å². The number of fused-ring (bicyclic) bond motifs is 1. The van der Waals surface area contributed by atoms with Gasteiger partial charge in [0, 0.05) is 23.1 Å². The summed E-state index contributed by atoms with van der Waals surface area (Å²) in [6.07, 6.45) is 0.505. The van der Waals surface area contributed by atoms with Crippen LogP contribution in [0.2, 0.25) is 0 Å². The van der Waals surface area contributed by atoms with Crippen molar-refractivity contribution in [3.8, 4) is 5.75 Å². The molecule has 1 aromatic rings. The van der Waals surface area contributed by atoms with Gasteiger partial charge in [0.05, 0.1) is 5.41 Å². The van der Waals surface area contributed by atoms with Gasteiger partial charge < -0.3 is 14.7 Å². The number of hydrogen-bond acceptors (Lipinski definition) is 3. The zero-order valence-electron chi connectivity index (χ0n) is 13.2. The fraction of sp³-hybridized carbons (Fsp3) is 0.529. The predicted octanol–water partition coefficient (Wildman–Crippen LogP) is 2.88. The Balaban J connectivity index is 1.82. The van der Waals surface area contributed by atoms with Gasteiger partial charge in [-0.1, -0.05) is 29.8 Å². The lowest BCUT2D eigenvalue weighted by Crippen LogP contribution is -2.42. The van der Waals surface area contributed by atoms with E-state index in [1.165, 1.54) is 0 Å². The molecule has 2 aliphatic heterocycles. The first-order valence-corrected chi connectivity index (χ1v) is 8.59. The Hall–Kier alpha value is -1.56. The van der Waals surface area contributed by atoms with Gasteiger partial charge in [0.15, 0.2) is 0 Å². The molecule has 2 heterocycles. The number of likely N-dealkylation sites (tertiary alicyclic amines) is 1. The zero-order valence-corrected chi connectivity index (χ0v) is 14.8. The molecule has 0 radical (unpaired) electrons. The van der Waals surface area contributed by atoms with Gasteiger partial charge in [-0.2, -0.15) is 0 Å². The van der Waals surface area contributed by atoms with Crippen molar-refractivity contribution < 1.29 is 19.4 Å². The van der Waals surface area contributed by atoms with E-state index in [9.17, 15) is 14.7 Å². The lowest BCUT2D eigenvalue weighted by molar-refractivity contribution is -0.151. The quantitative estimate of drug-likeness (QED) is 0.873. The lowest BCUT2D eigenvalue weighted by Gasteiger charge is -2.29. The van der Waals surface area contributed by atoms with E-state index in [4.69, 9.17) is 4.74 Å². The second-order valence-electron chi connectivity index (χ2n) is 6.67. The summed E-state index contributed by atoms with van der Waals surface area (Å²) < 4.78 is 6.51. The van der Waals surface area contributed by atoms with Gasteiger partial charge in [-0.15, -0.1) is 0 Å². The van der Waals surface area contributed by atoms with Crippen LogP contribution in [0.1, 0.15) is 31.7 Å². The monoisotopic (exact) mass is 381 g/mol. The summed E-state index contributed by atoms with van der Waals surface area (Å²) in [6.45, 7) is 4.91. The molecule has 1 amide bonds. The van der Waals surface area contributed by atoms with Crippen molar-refractivity contribution in [1.82, 2.24) is 4.90 Å². The number of nitrogens with zero attached hydrogens (tertiary/aromatic N) is 1. The number of amides is 1. The van der Waals surface area contributed by atoms with E-state index < -0.39 is 11.4 Å². The van der Waals surface area contributed by atoms with E-state index in [2.05, 4.69) is 15.9 Å². The van der Waals surface area contributed by atoms with E-state index in [0.29, 0.717) is 19.6 Å². The second kappa shape index (κ2) is 5.82. The molecule has 2 atom stereocenters. The maximum absolute atomic E-state index is 12.9. The average molecular weight is 382 g/mol. The fourth-order valence-electron chi connectivity index (χ4n) is 3.52. The number of benzene rings is 1. The molecule has 1 saturated heterocycles. The normalized spacial score (nSPS) is 26.3. The number of carboxylic acids is 1. The lowest BCUT2D eigenvalue weighted by atomic mass is 9.76. The van der Waals surface area contributed by atoms with Crippen molar-refractivity contribution in [2.24, 2.45) is 11.3 Å². The van der Waals surface area contributed by atoms with Crippen LogP contribution in [0.25, 0.3) is 0 Å². The Kier molecular flexibility index (Phi) is 4.12. The van der Waals surface area contributed by atoms with Crippen LogP contribution in [0.15, 0.2) is 22.7 Å². The van der Waals surface area contributed by atoms with Crippen molar-refractivity contribution >= 4 is 27.8 Å². The van der Waals surface area contributed by atoms with E-state index in [1.54, 1.807) is 4.90 Å². The summed E-state index contributed by atoms with van der Waals surface area (Å²) in [5, 5.41) is 9.62. The first-order valence-electron chi connectivity index (χ1n) is 7.79. The molecule has 1 fully saturated rings. The van der Waals surface area contributed by atoms with Crippen molar-refractivity contribution in [2.75, 3.05) is 19.7 Å². The smallest absolute Gasteiger partial charge is 0.311 e. The predicted molar refractivity (Wildman–Crippen MR) is 88.5 cm³/mol. The third-order valence-electron chi connectivity index (χ3n) is 5.19. The number of ether oxygens (including phenoxy) is 1. The molecule has 0 saturated carbocycles. The summed E-state index contributed by atoms with van der Waals surface area (Å²) in [4.78, 5) is 26.3. The minimum absolute atomic E-state index is 0.0148. The highest BCUT2D eigenvalue weighted by atomic mass is 79.9. The topological polar surface area (TPSA) is 66.8 Å². The van der Waals surface area contributed by atoms with Crippen molar-refractivity contribution in [2.45, 2.75) is 26.2 Å². The van der Waals surface area contributed by atoms with Crippen LogP contribution in [0.5, 0.6) is 5.75 Å². The summed E-state index contributed by atoms with van der Waals surface area (Å²) in [5.74, 6) is -0.475. The number of carboxylic acid groups (broad SMARTS) is 1. The Bertz CT molecular complexity index is 660. The fourth-order valence-corrected chi connectivity index (χ4v) is 3.90. The van der Waals surface area contributed by atoms with Gasteiger partial charge in [0.25, 0.3) is 0 Å². The van der Waals surface area contributed by atoms with Crippen LogP contribution in [0.3, 0.4) is 0 Å². The van der Waals surface area contributed by atoms with Crippen LogP contribution in [0, 0.1) is 11.3 Å². The Morgan fingerprint density at radius 3 is 2.78 bits per heavy atom. The molecule has 6 heteroatoms. The summed E-state index contributed by atoms with van der Waals surface area (Å²) in [6, 6.07) is 5.65. The third-order valence-corrected chi connectivity index (χ3v) is 5.69. The number of aliphatic carboxylic acids is 1. The number of halogens is 1. The van der Waals surface area contributed by atoms with Gasteiger partial charge in [0.1, 0.15) is 18.3 Å². The average Bonchev–Trinajstić information content (AvgIpc) is 3.11. The number of carbonyl (C=O) groups is 2. The van der Waals surface area contributed by atoms with Gasteiger partial charge in [0.2, 0.25) is 5.91 Å². The highest BCUT2D eigenvalue weighted by molar-refractivity contribution is 9.10. The molecule has 5 nitrogen and oxygen atoms in total. The second-order valence-corrected chi connectivity index (χ2v) is 7.59. The highest BCUT2D eigenvalue weighted by Crippen LogP contribution is 2.41. The maximum atomic E-state index is 12.9. The Morgan fingerprint density at radius 1 is 1.43 bits per heavy atom. The van der Waals surface area contributed by atoms with Gasteiger partial charge in [-0.3, -0.25) is 9.59 Å². The van der Waals surface area contributed by atoms with Crippen LogP contribution < -0.4 is 4.74 Å². The summed E-state index contributed by atoms with van der Waals surface area (Å²) in [7, 11) is 0. The van der Waals surface area contributed by atoms with Gasteiger partial charge >= 0.3 is 5.97 Å². The molecule has 3 rings (SSSR count). The molecule has 0 bridgehead atoms. The summed E-state index contributed by atoms with van der Waals surface area (Å²) in [5.41, 5.74) is 0.0385. The molecule has 0 aromatic heterocycles. The van der Waals surface area contributed by atoms with Crippen LogP contribution in [-0.2, 0) is 9.59 Å². The summed E-state index contributed by atoms with van der Waals surface area (Å²) >= 11 is 3.42. The number of carbonyl (C=O) groups excluding carboxylic acids is 1. The highest BCUT2D eigenvalue weighted by Gasteiger charge is 2.49. The SMILES string of the molecule is CC(C)C1(C(=O)O)CCN(C(=O)C2COc3ccc(Br)cc32)C1. The molecular formula is C17H20BrNO4. The number of hydrogen-bond donors (Lipinski definition) is 1. The molecule has 1 N–H and O–H groups in total. The van der Waals surface area contributed by atoms with E-state index >= 15 is 0 Å². The van der Waals surface area contributed by atoms with Crippen molar-refractivity contribution in [3.05, 3.63) is 28.2 Å². The van der Waals surface area contributed by atoms with E-state index in [-0.39, 0.29) is 24.3 Å². The minimum atomic E-state index is -0.838. The molecule has 2 unspecified atom stereocenters. The minimum Gasteiger partial charge on any atom is -0.492 e. The zero-order chi connectivity index (χ0) is 16.8. The molecule has 0 aliphatic carbocycles. The molecular weight excluding hydrogens is 362 g/mol. The van der Waals surface area contributed by atoms with Crippen LogP contribution >= 0.6 is 15.9 Å². The van der Waals surface area contributed by atoms with Gasteiger partial charge in [-0.05, 0) is 30.5 Å². The van der Waals surface area contributed by atoms with Crippen LogP contribution in [0.4, 0.5) is 0 Å². The van der Waals surface area contributed by atoms with Crippen molar-refractivity contribution in [3.63, 3.8) is 0 Å². The number of rotatable bonds is 3. The largest absolute Gasteiger partial charge is 0.492 e. The molecule has 2 aliphatic rings.